The Hall–Kier alpha value is -3.68. The molecule has 1 aromatic heterocycles. The number of hydrogen-bond acceptors (Lipinski definition) is 4. The van der Waals surface area contributed by atoms with Crippen LogP contribution in [0.2, 0.25) is 0 Å². The van der Waals surface area contributed by atoms with Gasteiger partial charge < -0.3 is 14.5 Å². The van der Waals surface area contributed by atoms with Crippen LogP contribution in [-0.2, 0) is 11.2 Å². The minimum absolute atomic E-state index is 0.0374. The number of amides is 2. The van der Waals surface area contributed by atoms with Crippen LogP contribution in [0.3, 0.4) is 0 Å². The summed E-state index contributed by atoms with van der Waals surface area (Å²) in [6.07, 6.45) is 1.90. The fraction of sp³-hybridized carbons (Fsp3) is 0.261. The molecule has 7 nitrogen and oxygen atoms in total. The van der Waals surface area contributed by atoms with Gasteiger partial charge in [-0.1, -0.05) is 30.3 Å². The molecule has 4 rings (SSSR count). The van der Waals surface area contributed by atoms with Crippen LogP contribution in [-0.4, -0.2) is 64.7 Å². The van der Waals surface area contributed by atoms with Crippen LogP contribution in [0, 0.1) is 5.82 Å². The number of benzene rings is 2. The van der Waals surface area contributed by atoms with Crippen molar-refractivity contribution in [3.63, 3.8) is 0 Å². The van der Waals surface area contributed by atoms with E-state index in [1.54, 1.807) is 32.8 Å². The van der Waals surface area contributed by atoms with E-state index in [1.165, 1.54) is 19.2 Å². The summed E-state index contributed by atoms with van der Waals surface area (Å²) in [5.41, 5.74) is 1.84. The lowest BCUT2D eigenvalue weighted by Gasteiger charge is -2.34. The smallest absolute Gasteiger partial charge is 0.278 e. The van der Waals surface area contributed by atoms with E-state index >= 15 is 0 Å². The minimum atomic E-state index is -0.325. The number of para-hydroxylation sites is 1. The fourth-order valence-electron chi connectivity index (χ4n) is 3.57. The van der Waals surface area contributed by atoms with Crippen molar-refractivity contribution in [2.75, 3.05) is 33.3 Å². The number of aromatic nitrogens is 2. The average Bonchev–Trinajstić information content (AvgIpc) is 3.25. The number of carbonyl (C=O) groups excluding carboxylic acids is 2. The number of hydrogen-bond donors (Lipinski definition) is 0. The van der Waals surface area contributed by atoms with Gasteiger partial charge in [0, 0.05) is 26.2 Å². The molecule has 0 unspecified atom stereocenters. The van der Waals surface area contributed by atoms with E-state index in [9.17, 15) is 14.0 Å². The third-order valence-corrected chi connectivity index (χ3v) is 5.31. The number of rotatable bonds is 5. The van der Waals surface area contributed by atoms with Gasteiger partial charge in [-0.3, -0.25) is 9.59 Å². The largest absolute Gasteiger partial charge is 0.493 e. The van der Waals surface area contributed by atoms with Crippen molar-refractivity contribution in [2.45, 2.75) is 6.42 Å². The number of methoxy groups -OCH3 is 1. The molecule has 0 aliphatic carbocycles. The topological polar surface area (TPSA) is 67.7 Å². The van der Waals surface area contributed by atoms with E-state index in [4.69, 9.17) is 4.74 Å². The predicted octanol–water partition coefficient (Wildman–Crippen LogP) is 2.55. The molecule has 8 heteroatoms. The van der Waals surface area contributed by atoms with Gasteiger partial charge in [0.15, 0.2) is 11.4 Å². The van der Waals surface area contributed by atoms with Crippen molar-refractivity contribution >= 4 is 11.8 Å². The highest BCUT2D eigenvalue weighted by Crippen LogP contribution is 2.22. The summed E-state index contributed by atoms with van der Waals surface area (Å²) in [7, 11) is 1.51. The molecule has 1 fully saturated rings. The van der Waals surface area contributed by atoms with E-state index in [1.807, 2.05) is 30.3 Å². The highest BCUT2D eigenvalue weighted by molar-refractivity contribution is 5.95. The van der Waals surface area contributed by atoms with E-state index in [2.05, 4.69) is 5.10 Å². The van der Waals surface area contributed by atoms with Gasteiger partial charge in [0.05, 0.1) is 25.4 Å². The average molecular weight is 422 g/mol. The van der Waals surface area contributed by atoms with Crippen molar-refractivity contribution in [3.05, 3.63) is 77.9 Å². The Bertz CT molecular complexity index is 1060. The Kier molecular flexibility index (Phi) is 5.97. The monoisotopic (exact) mass is 422 g/mol. The van der Waals surface area contributed by atoms with Crippen molar-refractivity contribution < 1.29 is 18.7 Å². The van der Waals surface area contributed by atoms with Crippen LogP contribution < -0.4 is 4.74 Å². The van der Waals surface area contributed by atoms with Gasteiger partial charge in [-0.15, -0.1) is 0 Å². The predicted molar refractivity (Wildman–Crippen MR) is 113 cm³/mol. The Labute approximate surface area is 179 Å². The first-order valence-electron chi connectivity index (χ1n) is 10.1. The quantitative estimate of drug-likeness (QED) is 0.634. The molecular weight excluding hydrogens is 399 g/mol. The summed E-state index contributed by atoms with van der Waals surface area (Å²) in [4.78, 5) is 29.0. The van der Waals surface area contributed by atoms with Crippen molar-refractivity contribution in [3.8, 4) is 11.4 Å². The number of piperazine rings is 1. The first-order valence-corrected chi connectivity index (χ1v) is 10.1. The third kappa shape index (κ3) is 4.58. The molecule has 2 amide bonds. The highest BCUT2D eigenvalue weighted by atomic mass is 19.1. The second kappa shape index (κ2) is 8.99. The molecule has 3 aromatic rings. The maximum Gasteiger partial charge on any atom is 0.278 e. The molecule has 0 N–H and O–H groups in total. The summed E-state index contributed by atoms with van der Waals surface area (Å²) in [5.74, 6) is -0.182. The zero-order valence-corrected chi connectivity index (χ0v) is 17.2. The molecule has 0 spiro atoms. The van der Waals surface area contributed by atoms with E-state index in [0.717, 1.165) is 11.3 Å². The van der Waals surface area contributed by atoms with Crippen molar-refractivity contribution in [1.29, 1.82) is 0 Å². The van der Waals surface area contributed by atoms with Gasteiger partial charge in [0.25, 0.3) is 5.91 Å². The highest BCUT2D eigenvalue weighted by Gasteiger charge is 2.28. The Balaban J connectivity index is 1.39. The summed E-state index contributed by atoms with van der Waals surface area (Å²) < 4.78 is 20.0. The maximum atomic E-state index is 13.1. The second-order valence-electron chi connectivity index (χ2n) is 7.30. The van der Waals surface area contributed by atoms with E-state index < -0.39 is 0 Å². The van der Waals surface area contributed by atoms with Crippen LogP contribution in [0.5, 0.6) is 5.75 Å². The lowest BCUT2D eigenvalue weighted by molar-refractivity contribution is -0.131. The molecule has 0 atom stereocenters. The third-order valence-electron chi connectivity index (χ3n) is 5.31. The fourth-order valence-corrected chi connectivity index (χ4v) is 3.57. The van der Waals surface area contributed by atoms with Gasteiger partial charge in [0.1, 0.15) is 5.82 Å². The van der Waals surface area contributed by atoms with Crippen molar-refractivity contribution in [2.24, 2.45) is 0 Å². The van der Waals surface area contributed by atoms with Gasteiger partial charge in [-0.25, -0.2) is 9.07 Å². The standard InChI is InChI=1S/C23H23FN4O3/c1-31-20-16-28(19-5-3-2-4-6-19)25-22(20)23(30)27-13-11-26(12-14-27)21(29)15-17-7-9-18(24)10-8-17/h2-10,16H,11-15H2,1H3. The first kappa shape index (κ1) is 20.6. The van der Waals surface area contributed by atoms with Crippen LogP contribution >= 0.6 is 0 Å². The van der Waals surface area contributed by atoms with Gasteiger partial charge >= 0.3 is 0 Å². The summed E-state index contributed by atoms with van der Waals surface area (Å²) in [5, 5.41) is 4.43. The van der Waals surface area contributed by atoms with Gasteiger partial charge in [0.2, 0.25) is 5.91 Å². The van der Waals surface area contributed by atoms with Crippen LogP contribution in [0.15, 0.2) is 60.8 Å². The van der Waals surface area contributed by atoms with Crippen LogP contribution in [0.25, 0.3) is 5.69 Å². The van der Waals surface area contributed by atoms with Crippen LogP contribution in [0.1, 0.15) is 16.1 Å². The molecular formula is C23H23FN4O3. The summed E-state index contributed by atoms with van der Waals surface area (Å²) in [6, 6.07) is 15.4. The lowest BCUT2D eigenvalue weighted by atomic mass is 10.1. The number of ether oxygens (including phenoxy) is 1. The zero-order valence-electron chi connectivity index (χ0n) is 17.2. The van der Waals surface area contributed by atoms with Crippen LogP contribution in [0.4, 0.5) is 4.39 Å². The molecule has 0 bridgehead atoms. The summed E-state index contributed by atoms with van der Waals surface area (Å²) in [6.45, 7) is 1.70. The minimum Gasteiger partial charge on any atom is -0.493 e. The molecule has 2 aromatic carbocycles. The number of halogens is 1. The SMILES string of the molecule is COc1cn(-c2ccccc2)nc1C(=O)N1CCN(C(=O)Cc2ccc(F)cc2)CC1. The number of nitrogens with zero attached hydrogens (tertiary/aromatic N) is 4. The lowest BCUT2D eigenvalue weighted by Crippen LogP contribution is -2.51. The Morgan fingerprint density at radius 3 is 2.26 bits per heavy atom. The molecule has 2 heterocycles. The Morgan fingerprint density at radius 2 is 1.61 bits per heavy atom. The molecule has 0 saturated carbocycles. The van der Waals surface area contributed by atoms with Crippen molar-refractivity contribution in [1.82, 2.24) is 19.6 Å². The number of carbonyl (C=O) groups is 2. The molecule has 31 heavy (non-hydrogen) atoms. The molecule has 1 aliphatic rings. The molecule has 1 saturated heterocycles. The normalized spacial score (nSPS) is 13.9. The second-order valence-corrected chi connectivity index (χ2v) is 7.30. The first-order chi connectivity index (χ1) is 15.0. The molecule has 160 valence electrons. The molecule has 1 aliphatic heterocycles. The zero-order chi connectivity index (χ0) is 21.8. The summed E-state index contributed by atoms with van der Waals surface area (Å²) >= 11 is 0. The molecule has 0 radical (unpaired) electrons. The Morgan fingerprint density at radius 1 is 0.968 bits per heavy atom. The van der Waals surface area contributed by atoms with E-state index in [0.29, 0.717) is 31.9 Å². The van der Waals surface area contributed by atoms with Gasteiger partial charge in [-0.05, 0) is 29.8 Å². The van der Waals surface area contributed by atoms with E-state index in [-0.39, 0.29) is 29.7 Å². The maximum absolute atomic E-state index is 13.1. The van der Waals surface area contributed by atoms with Gasteiger partial charge in [-0.2, -0.15) is 5.10 Å².